The molecule has 0 amide bonds. The number of benzene rings is 3. The van der Waals surface area contributed by atoms with Crippen LogP contribution < -0.4 is 0 Å². The standard InChI is InChI=1S/C18H9BrN2S/c19-18-20-17(21-22-18)15-9-8-14-11-5-2-1-4-10(11)12-6-3-7-13(15)16(12)14/h1-9H. The van der Waals surface area contributed by atoms with Crippen LogP contribution in [0.25, 0.3) is 44.4 Å². The summed E-state index contributed by atoms with van der Waals surface area (Å²) in [6.07, 6.45) is 0. The predicted octanol–water partition coefficient (Wildman–Crippen LogP) is 5.77. The highest BCUT2D eigenvalue weighted by atomic mass is 79.9. The lowest BCUT2D eigenvalue weighted by atomic mass is 9.98. The van der Waals surface area contributed by atoms with Crippen molar-refractivity contribution in [2.45, 2.75) is 0 Å². The highest BCUT2D eigenvalue weighted by molar-refractivity contribution is 9.11. The number of hydrogen-bond acceptors (Lipinski definition) is 3. The highest BCUT2D eigenvalue weighted by Crippen LogP contribution is 2.48. The Hall–Kier alpha value is -2.04. The lowest BCUT2D eigenvalue weighted by molar-refractivity contribution is 1.31. The van der Waals surface area contributed by atoms with E-state index in [1.807, 2.05) is 0 Å². The van der Waals surface area contributed by atoms with E-state index in [0.717, 1.165) is 15.3 Å². The van der Waals surface area contributed by atoms with Gasteiger partial charge in [-0.15, -0.1) is 0 Å². The molecule has 0 radical (unpaired) electrons. The van der Waals surface area contributed by atoms with E-state index in [-0.39, 0.29) is 0 Å². The van der Waals surface area contributed by atoms with Gasteiger partial charge in [0.2, 0.25) is 0 Å². The van der Waals surface area contributed by atoms with E-state index in [9.17, 15) is 0 Å². The predicted molar refractivity (Wildman–Crippen MR) is 95.0 cm³/mol. The van der Waals surface area contributed by atoms with Crippen LogP contribution in [0, 0.1) is 0 Å². The first kappa shape index (κ1) is 12.5. The molecule has 0 saturated heterocycles. The Bertz CT molecular complexity index is 1020. The Morgan fingerprint density at radius 1 is 0.727 bits per heavy atom. The van der Waals surface area contributed by atoms with Gasteiger partial charge in [0.15, 0.2) is 9.74 Å². The van der Waals surface area contributed by atoms with Crippen molar-refractivity contribution in [3.05, 3.63) is 58.5 Å². The fourth-order valence-electron chi connectivity index (χ4n) is 3.32. The third-order valence-electron chi connectivity index (χ3n) is 4.19. The van der Waals surface area contributed by atoms with Crippen molar-refractivity contribution in [3.63, 3.8) is 0 Å². The second-order valence-electron chi connectivity index (χ2n) is 5.31. The van der Waals surface area contributed by atoms with Gasteiger partial charge in [-0.3, -0.25) is 0 Å². The summed E-state index contributed by atoms with van der Waals surface area (Å²) < 4.78 is 5.26. The average molecular weight is 365 g/mol. The maximum absolute atomic E-state index is 4.48. The van der Waals surface area contributed by atoms with Crippen molar-refractivity contribution in [1.29, 1.82) is 0 Å². The van der Waals surface area contributed by atoms with Crippen LogP contribution in [0.3, 0.4) is 0 Å². The first-order valence-electron chi connectivity index (χ1n) is 6.98. The van der Waals surface area contributed by atoms with Gasteiger partial charge in [0.1, 0.15) is 0 Å². The van der Waals surface area contributed by atoms with E-state index >= 15 is 0 Å². The van der Waals surface area contributed by atoms with Crippen LogP contribution in [-0.2, 0) is 0 Å². The Morgan fingerprint density at radius 2 is 1.41 bits per heavy atom. The van der Waals surface area contributed by atoms with E-state index in [4.69, 9.17) is 0 Å². The summed E-state index contributed by atoms with van der Waals surface area (Å²) in [7, 11) is 0. The normalized spacial score (nSPS) is 11.9. The van der Waals surface area contributed by atoms with Crippen LogP contribution in [0.4, 0.5) is 0 Å². The number of rotatable bonds is 1. The summed E-state index contributed by atoms with van der Waals surface area (Å²) in [6.45, 7) is 0. The molecule has 0 aliphatic heterocycles. The Balaban J connectivity index is 1.91. The SMILES string of the molecule is Brc1nc(-c2ccc3c4c(cccc24)-c2ccccc2-3)ns1. The molecule has 0 saturated carbocycles. The van der Waals surface area contributed by atoms with E-state index in [2.05, 4.69) is 79.9 Å². The summed E-state index contributed by atoms with van der Waals surface area (Å²) in [5.41, 5.74) is 6.33. The second kappa shape index (κ2) is 4.48. The zero-order valence-electron chi connectivity index (χ0n) is 11.4. The van der Waals surface area contributed by atoms with Crippen molar-refractivity contribution in [2.75, 3.05) is 0 Å². The van der Waals surface area contributed by atoms with E-state index in [1.54, 1.807) is 0 Å². The van der Waals surface area contributed by atoms with Crippen molar-refractivity contribution in [2.24, 2.45) is 0 Å². The van der Waals surface area contributed by atoms with E-state index in [1.165, 1.54) is 44.6 Å². The fraction of sp³-hybridized carbons (Fsp3) is 0. The molecule has 1 heterocycles. The van der Waals surface area contributed by atoms with Gasteiger partial charge in [0, 0.05) is 5.56 Å². The molecule has 0 fully saturated rings. The largest absolute Gasteiger partial charge is 0.208 e. The Kier molecular flexibility index (Phi) is 2.54. The van der Waals surface area contributed by atoms with Crippen LogP contribution in [0.5, 0.6) is 0 Å². The van der Waals surface area contributed by atoms with Crippen LogP contribution in [0.1, 0.15) is 0 Å². The molecule has 4 aromatic rings. The van der Waals surface area contributed by atoms with Crippen LogP contribution in [0.2, 0.25) is 0 Å². The summed E-state index contributed by atoms with van der Waals surface area (Å²) in [5, 5.41) is 2.53. The minimum Gasteiger partial charge on any atom is -0.208 e. The zero-order chi connectivity index (χ0) is 14.7. The van der Waals surface area contributed by atoms with Gasteiger partial charge in [-0.1, -0.05) is 48.5 Å². The molecule has 0 bridgehead atoms. The second-order valence-corrected chi connectivity index (χ2v) is 7.33. The monoisotopic (exact) mass is 364 g/mol. The lowest BCUT2D eigenvalue weighted by Crippen LogP contribution is -1.85. The zero-order valence-corrected chi connectivity index (χ0v) is 13.8. The van der Waals surface area contributed by atoms with Crippen LogP contribution in [-0.4, -0.2) is 9.36 Å². The first-order valence-corrected chi connectivity index (χ1v) is 8.54. The molecular weight excluding hydrogens is 356 g/mol. The topological polar surface area (TPSA) is 25.8 Å². The molecule has 0 unspecified atom stereocenters. The smallest absolute Gasteiger partial charge is 0.179 e. The quantitative estimate of drug-likeness (QED) is 0.377. The third kappa shape index (κ3) is 1.59. The number of aromatic nitrogens is 2. The number of hydrogen-bond donors (Lipinski definition) is 0. The number of nitrogens with zero attached hydrogens (tertiary/aromatic N) is 2. The number of halogens is 1. The van der Waals surface area contributed by atoms with Gasteiger partial charge in [-0.2, -0.15) is 4.37 Å². The molecule has 1 aliphatic rings. The minimum atomic E-state index is 0.788. The summed E-state index contributed by atoms with van der Waals surface area (Å²) in [4.78, 5) is 4.48. The fourth-order valence-corrected chi connectivity index (χ4v) is 4.13. The van der Waals surface area contributed by atoms with Gasteiger partial charge in [0.05, 0.1) is 0 Å². The molecule has 0 atom stereocenters. The maximum atomic E-state index is 4.48. The summed E-state index contributed by atoms with van der Waals surface area (Å²) in [5.74, 6) is 0.788. The molecule has 1 aromatic heterocycles. The van der Waals surface area contributed by atoms with Gasteiger partial charge >= 0.3 is 0 Å². The van der Waals surface area contributed by atoms with Crippen LogP contribution in [0.15, 0.2) is 58.5 Å². The summed E-state index contributed by atoms with van der Waals surface area (Å²) >= 11 is 4.78. The van der Waals surface area contributed by atoms with Crippen molar-refractivity contribution < 1.29 is 0 Å². The van der Waals surface area contributed by atoms with Crippen molar-refractivity contribution >= 4 is 38.2 Å². The minimum absolute atomic E-state index is 0.788. The van der Waals surface area contributed by atoms with Gasteiger partial charge in [-0.25, -0.2) is 4.98 Å². The molecule has 3 aromatic carbocycles. The molecule has 22 heavy (non-hydrogen) atoms. The lowest BCUT2D eigenvalue weighted by Gasteiger charge is -2.06. The average Bonchev–Trinajstić information content (AvgIpc) is 3.12. The van der Waals surface area contributed by atoms with E-state index in [0.29, 0.717) is 0 Å². The molecule has 0 N–H and O–H groups in total. The molecule has 4 heteroatoms. The molecular formula is C18H9BrN2S. The molecule has 1 aliphatic carbocycles. The number of fused-ring (bicyclic) bond motifs is 3. The van der Waals surface area contributed by atoms with E-state index < -0.39 is 0 Å². The van der Waals surface area contributed by atoms with Gasteiger partial charge in [-0.05, 0) is 66.6 Å². The highest BCUT2D eigenvalue weighted by Gasteiger charge is 2.22. The molecule has 104 valence electrons. The van der Waals surface area contributed by atoms with Crippen molar-refractivity contribution in [3.8, 4) is 33.6 Å². The van der Waals surface area contributed by atoms with Gasteiger partial charge in [0.25, 0.3) is 0 Å². The molecule has 0 spiro atoms. The third-order valence-corrected chi connectivity index (χ3v) is 5.31. The molecule has 5 rings (SSSR count). The Morgan fingerprint density at radius 3 is 2.14 bits per heavy atom. The maximum Gasteiger partial charge on any atom is 0.179 e. The molecule has 2 nitrogen and oxygen atoms in total. The van der Waals surface area contributed by atoms with Crippen molar-refractivity contribution in [1.82, 2.24) is 9.36 Å². The first-order chi connectivity index (χ1) is 10.8. The van der Waals surface area contributed by atoms with Crippen LogP contribution >= 0.6 is 27.5 Å². The Labute approximate surface area is 139 Å². The summed E-state index contributed by atoms with van der Waals surface area (Å²) in [6, 6.07) is 19.4. The van der Waals surface area contributed by atoms with Gasteiger partial charge < -0.3 is 0 Å².